The smallest absolute Gasteiger partial charge is 0.419 e. The lowest BCUT2D eigenvalue weighted by Gasteiger charge is -2.33. The molecule has 0 aliphatic carbocycles. The van der Waals surface area contributed by atoms with Crippen LogP contribution in [0.5, 0.6) is 5.75 Å². The number of hydrogen-bond donors (Lipinski definition) is 0. The molecule has 2 heterocycles. The van der Waals surface area contributed by atoms with Gasteiger partial charge in [-0.2, -0.15) is 13.2 Å². The molecule has 9 heteroatoms. The van der Waals surface area contributed by atoms with E-state index in [9.17, 15) is 13.2 Å². The van der Waals surface area contributed by atoms with E-state index < -0.39 is 23.0 Å². The minimum absolute atomic E-state index is 0.0253. The van der Waals surface area contributed by atoms with Gasteiger partial charge in [0, 0.05) is 5.56 Å². The molecule has 0 N–H and O–H groups in total. The van der Waals surface area contributed by atoms with Crippen LogP contribution in [0.2, 0.25) is 0 Å². The van der Waals surface area contributed by atoms with Crippen molar-refractivity contribution in [2.45, 2.75) is 83.7 Å². The molecule has 184 valence electrons. The maximum Gasteiger partial charge on any atom is 0.419 e. The third kappa shape index (κ3) is 5.69. The maximum absolute atomic E-state index is 13.7. The van der Waals surface area contributed by atoms with Crippen LogP contribution < -0.4 is 4.74 Å². The largest absolute Gasteiger partial charge is 0.493 e. The predicted octanol–water partition coefficient (Wildman–Crippen LogP) is 6.41. The summed E-state index contributed by atoms with van der Waals surface area (Å²) in [6.45, 7) is 8.48. The Morgan fingerprint density at radius 2 is 1.76 bits per heavy atom. The molecule has 2 aromatic rings. The second kappa shape index (κ2) is 10.0. The Labute approximate surface area is 193 Å². The van der Waals surface area contributed by atoms with E-state index in [0.29, 0.717) is 12.5 Å². The first-order valence-electron chi connectivity index (χ1n) is 11.6. The Hall–Kier alpha value is -2.13. The van der Waals surface area contributed by atoms with Crippen molar-refractivity contribution in [2.75, 3.05) is 20.3 Å². The lowest BCUT2D eigenvalue weighted by atomic mass is 10.0. The third-order valence-corrected chi connectivity index (χ3v) is 6.43. The molecular weight excluding hydrogens is 435 g/mol. The van der Waals surface area contributed by atoms with Gasteiger partial charge in [-0.3, -0.25) is 4.90 Å². The Morgan fingerprint density at radius 1 is 1.06 bits per heavy atom. The van der Waals surface area contributed by atoms with Gasteiger partial charge in [0.25, 0.3) is 0 Å². The minimum atomic E-state index is -4.56. The first-order chi connectivity index (χ1) is 15.5. The zero-order valence-corrected chi connectivity index (χ0v) is 20.1. The van der Waals surface area contributed by atoms with E-state index in [1.54, 1.807) is 0 Å². The van der Waals surface area contributed by atoms with E-state index in [0.717, 1.165) is 38.2 Å². The van der Waals surface area contributed by atoms with Crippen LogP contribution in [0.15, 0.2) is 22.6 Å². The second-order valence-electron chi connectivity index (χ2n) is 9.31. The number of benzene rings is 1. The molecule has 0 unspecified atom stereocenters. The zero-order valence-electron chi connectivity index (χ0n) is 20.1. The highest BCUT2D eigenvalue weighted by molar-refractivity contribution is 5.58. The number of rotatable bonds is 10. The van der Waals surface area contributed by atoms with Crippen LogP contribution in [-0.4, -0.2) is 41.1 Å². The van der Waals surface area contributed by atoms with Crippen LogP contribution in [0, 0.1) is 0 Å². The van der Waals surface area contributed by atoms with Crippen molar-refractivity contribution in [3.8, 4) is 17.2 Å². The molecular formula is C24H34F3N3O3. The summed E-state index contributed by atoms with van der Waals surface area (Å²) >= 11 is 0. The van der Waals surface area contributed by atoms with Gasteiger partial charge in [0.2, 0.25) is 11.8 Å². The van der Waals surface area contributed by atoms with E-state index in [1.807, 2.05) is 32.7 Å². The summed E-state index contributed by atoms with van der Waals surface area (Å²) < 4.78 is 58.3. The Morgan fingerprint density at radius 3 is 2.39 bits per heavy atom. The molecule has 1 aliphatic heterocycles. The van der Waals surface area contributed by atoms with Gasteiger partial charge in [-0.15, -0.1) is 10.2 Å². The molecule has 0 saturated carbocycles. The lowest BCUT2D eigenvalue weighted by molar-refractivity contribution is -0.138. The summed E-state index contributed by atoms with van der Waals surface area (Å²) in [6, 6.07) is 3.86. The van der Waals surface area contributed by atoms with Crippen molar-refractivity contribution >= 4 is 0 Å². The number of likely N-dealkylation sites (N-methyl/N-ethyl adjacent to an activating group) is 1. The van der Waals surface area contributed by atoms with E-state index >= 15 is 0 Å². The van der Waals surface area contributed by atoms with Crippen LogP contribution in [0.1, 0.15) is 77.7 Å². The van der Waals surface area contributed by atoms with Gasteiger partial charge in [0.05, 0.1) is 18.8 Å². The highest BCUT2D eigenvalue weighted by Gasteiger charge is 2.50. The fraction of sp³-hybridized carbons (Fsp3) is 0.667. The van der Waals surface area contributed by atoms with Crippen molar-refractivity contribution in [3.63, 3.8) is 0 Å². The summed E-state index contributed by atoms with van der Waals surface area (Å²) in [7, 11) is 1.88. The minimum Gasteiger partial charge on any atom is -0.493 e. The van der Waals surface area contributed by atoms with Crippen molar-refractivity contribution < 1.29 is 27.1 Å². The molecule has 1 aromatic carbocycles. The van der Waals surface area contributed by atoms with Gasteiger partial charge in [0.15, 0.2) is 0 Å². The summed E-state index contributed by atoms with van der Waals surface area (Å²) in [6.07, 6.45) is 1.64. The Bertz CT molecular complexity index is 929. The van der Waals surface area contributed by atoms with E-state index in [-0.39, 0.29) is 23.8 Å². The predicted molar refractivity (Wildman–Crippen MR) is 119 cm³/mol. The van der Waals surface area contributed by atoms with Gasteiger partial charge < -0.3 is 13.9 Å². The maximum atomic E-state index is 13.7. The van der Waals surface area contributed by atoms with Gasteiger partial charge in [-0.05, 0) is 52.4 Å². The van der Waals surface area contributed by atoms with Gasteiger partial charge in [0.1, 0.15) is 17.0 Å². The first kappa shape index (κ1) is 25.5. The molecule has 3 rings (SSSR count). The van der Waals surface area contributed by atoms with E-state index in [1.165, 1.54) is 18.6 Å². The standard InChI is InChI=1S/C24H34F3N3O3/c1-6-7-8-9-10-11-14-31-19-13-12-17(15-18(19)24(25,26)27)20-28-29-21(33-20)23(4)16-32-22(2,3)30(23)5/h12-13,15H,6-11,14,16H2,1-5H3/t23-/m0/s1. The zero-order chi connectivity index (χ0) is 24.3. The topological polar surface area (TPSA) is 60.6 Å². The number of alkyl halides is 3. The van der Waals surface area contributed by atoms with Gasteiger partial charge >= 0.3 is 6.18 Å². The summed E-state index contributed by atoms with van der Waals surface area (Å²) in [4.78, 5) is 1.97. The number of unbranched alkanes of at least 4 members (excludes halogenated alkanes) is 5. The molecule has 0 spiro atoms. The van der Waals surface area contributed by atoms with Gasteiger partial charge in [-0.1, -0.05) is 39.0 Å². The number of aromatic nitrogens is 2. The number of hydrogen-bond acceptors (Lipinski definition) is 6. The molecule has 1 aromatic heterocycles. The summed E-state index contributed by atoms with van der Waals surface area (Å²) in [5, 5.41) is 8.13. The molecule has 6 nitrogen and oxygen atoms in total. The highest BCUT2D eigenvalue weighted by Crippen LogP contribution is 2.42. The van der Waals surface area contributed by atoms with Crippen molar-refractivity contribution in [1.29, 1.82) is 0 Å². The summed E-state index contributed by atoms with van der Waals surface area (Å²) in [5.74, 6) is 0.136. The summed E-state index contributed by atoms with van der Waals surface area (Å²) in [5.41, 5.74) is -1.86. The lowest BCUT2D eigenvalue weighted by Crippen LogP contribution is -2.46. The van der Waals surface area contributed by atoms with Gasteiger partial charge in [-0.25, -0.2) is 0 Å². The van der Waals surface area contributed by atoms with E-state index in [2.05, 4.69) is 17.1 Å². The number of nitrogens with zero attached hydrogens (tertiary/aromatic N) is 3. The highest BCUT2D eigenvalue weighted by atomic mass is 19.4. The normalized spacial score (nSPS) is 21.0. The Balaban J connectivity index is 1.75. The van der Waals surface area contributed by atoms with Crippen molar-refractivity contribution in [2.24, 2.45) is 0 Å². The third-order valence-electron chi connectivity index (χ3n) is 6.43. The molecule has 33 heavy (non-hydrogen) atoms. The van der Waals surface area contributed by atoms with Crippen LogP contribution in [0.25, 0.3) is 11.5 Å². The van der Waals surface area contributed by atoms with Crippen molar-refractivity contribution in [1.82, 2.24) is 15.1 Å². The van der Waals surface area contributed by atoms with Crippen LogP contribution in [0.3, 0.4) is 0 Å². The fourth-order valence-corrected chi connectivity index (χ4v) is 3.94. The first-order valence-corrected chi connectivity index (χ1v) is 11.6. The second-order valence-corrected chi connectivity index (χ2v) is 9.31. The molecule has 0 bridgehead atoms. The molecule has 1 atom stereocenters. The molecule has 1 fully saturated rings. The quantitative estimate of drug-likeness (QED) is 0.375. The van der Waals surface area contributed by atoms with Crippen LogP contribution >= 0.6 is 0 Å². The molecule has 1 saturated heterocycles. The number of halogens is 3. The molecule has 0 amide bonds. The average Bonchev–Trinajstić information content (AvgIpc) is 3.33. The van der Waals surface area contributed by atoms with Crippen LogP contribution in [-0.2, 0) is 16.5 Å². The monoisotopic (exact) mass is 469 g/mol. The molecule has 1 aliphatic rings. The fourth-order valence-electron chi connectivity index (χ4n) is 3.94. The SMILES string of the molecule is CCCCCCCCOc1ccc(-c2nnc([C@]3(C)COC(C)(C)N3C)o2)cc1C(F)(F)F. The van der Waals surface area contributed by atoms with Crippen molar-refractivity contribution in [3.05, 3.63) is 29.7 Å². The average molecular weight is 470 g/mol. The van der Waals surface area contributed by atoms with Crippen LogP contribution in [0.4, 0.5) is 13.2 Å². The Kier molecular flexibility index (Phi) is 7.73. The number of ether oxygens (including phenoxy) is 2. The van der Waals surface area contributed by atoms with E-state index in [4.69, 9.17) is 13.9 Å². The molecule has 0 radical (unpaired) electrons.